The van der Waals surface area contributed by atoms with E-state index in [1.54, 1.807) is 13.2 Å². The molecular formula is C21H25IN4O. The summed E-state index contributed by atoms with van der Waals surface area (Å²) in [6, 6.07) is 20.3. The van der Waals surface area contributed by atoms with Crippen molar-refractivity contribution >= 4 is 40.7 Å². The fourth-order valence-corrected chi connectivity index (χ4v) is 2.62. The van der Waals surface area contributed by atoms with E-state index in [1.807, 2.05) is 36.4 Å². The highest BCUT2D eigenvalue weighted by atomic mass is 127. The van der Waals surface area contributed by atoms with E-state index in [0.717, 1.165) is 30.4 Å². The number of aliphatic imine (C=N–C) groups is 1. The van der Waals surface area contributed by atoms with Gasteiger partial charge in [0.15, 0.2) is 5.96 Å². The minimum absolute atomic E-state index is 0. The molecule has 0 aliphatic heterocycles. The fourth-order valence-electron chi connectivity index (χ4n) is 2.62. The highest BCUT2D eigenvalue weighted by Gasteiger charge is 2.00. The summed E-state index contributed by atoms with van der Waals surface area (Å²) in [6.45, 7) is 2.09. The molecule has 0 saturated carbocycles. The van der Waals surface area contributed by atoms with Gasteiger partial charge in [0.1, 0.15) is 5.75 Å². The van der Waals surface area contributed by atoms with Gasteiger partial charge in [0, 0.05) is 19.8 Å². The molecule has 6 heteroatoms. The Morgan fingerprint density at radius 1 is 1.00 bits per heavy atom. The van der Waals surface area contributed by atoms with Crippen molar-refractivity contribution in [2.45, 2.75) is 13.0 Å². The average molecular weight is 476 g/mol. The molecular weight excluding hydrogens is 451 g/mol. The molecule has 0 fully saturated rings. The zero-order valence-electron chi connectivity index (χ0n) is 15.4. The van der Waals surface area contributed by atoms with Crippen LogP contribution < -0.4 is 15.4 Å². The number of pyridine rings is 1. The highest BCUT2D eigenvalue weighted by molar-refractivity contribution is 14.0. The van der Waals surface area contributed by atoms with Gasteiger partial charge in [0.05, 0.1) is 18.8 Å². The Hall–Kier alpha value is -2.35. The van der Waals surface area contributed by atoms with Gasteiger partial charge in [-0.25, -0.2) is 0 Å². The second kappa shape index (κ2) is 11.4. The molecule has 0 aliphatic rings. The van der Waals surface area contributed by atoms with Gasteiger partial charge in [0.25, 0.3) is 0 Å². The van der Waals surface area contributed by atoms with Crippen LogP contribution in [0.5, 0.6) is 5.75 Å². The molecule has 3 rings (SSSR count). The van der Waals surface area contributed by atoms with Crippen molar-refractivity contribution in [2.75, 3.05) is 20.2 Å². The Labute approximate surface area is 177 Å². The molecule has 2 aromatic carbocycles. The van der Waals surface area contributed by atoms with Crippen LogP contribution in [0, 0.1) is 0 Å². The predicted molar refractivity (Wildman–Crippen MR) is 122 cm³/mol. The molecule has 0 radical (unpaired) electrons. The number of aromatic nitrogens is 1. The zero-order valence-corrected chi connectivity index (χ0v) is 17.7. The van der Waals surface area contributed by atoms with E-state index in [4.69, 9.17) is 4.74 Å². The quantitative estimate of drug-likeness (QED) is 0.235. The van der Waals surface area contributed by atoms with Crippen molar-refractivity contribution in [3.63, 3.8) is 0 Å². The number of nitrogens with zero attached hydrogens (tertiary/aromatic N) is 2. The van der Waals surface area contributed by atoms with Gasteiger partial charge in [-0.1, -0.05) is 36.4 Å². The first kappa shape index (κ1) is 21.0. The van der Waals surface area contributed by atoms with Gasteiger partial charge in [-0.3, -0.25) is 9.98 Å². The maximum Gasteiger partial charge on any atom is 0.191 e. The highest BCUT2D eigenvalue weighted by Crippen LogP contribution is 2.20. The number of benzene rings is 2. The minimum Gasteiger partial charge on any atom is -0.494 e. The van der Waals surface area contributed by atoms with Crippen LogP contribution in [-0.2, 0) is 6.54 Å². The number of halogens is 1. The number of fused-ring (bicyclic) bond motifs is 1. The molecule has 0 aliphatic carbocycles. The molecule has 0 spiro atoms. The van der Waals surface area contributed by atoms with E-state index in [1.165, 1.54) is 10.8 Å². The average Bonchev–Trinajstić information content (AvgIpc) is 2.70. The third-order valence-corrected chi connectivity index (χ3v) is 3.99. The molecule has 142 valence electrons. The summed E-state index contributed by atoms with van der Waals surface area (Å²) in [5.74, 6) is 1.67. The lowest BCUT2D eigenvalue weighted by atomic mass is 10.1. The molecule has 0 bridgehead atoms. The summed E-state index contributed by atoms with van der Waals surface area (Å²) < 4.78 is 5.85. The Bertz CT molecular complexity index is 855. The van der Waals surface area contributed by atoms with Crippen LogP contribution in [0.25, 0.3) is 10.8 Å². The summed E-state index contributed by atoms with van der Waals surface area (Å²) >= 11 is 0. The molecule has 2 N–H and O–H groups in total. The van der Waals surface area contributed by atoms with E-state index in [0.29, 0.717) is 13.2 Å². The number of rotatable bonds is 7. The first-order valence-corrected chi connectivity index (χ1v) is 8.81. The van der Waals surface area contributed by atoms with Gasteiger partial charge in [-0.05, 0) is 41.5 Å². The van der Waals surface area contributed by atoms with Crippen LogP contribution in [-0.4, -0.2) is 31.1 Å². The van der Waals surface area contributed by atoms with Gasteiger partial charge >= 0.3 is 0 Å². The summed E-state index contributed by atoms with van der Waals surface area (Å²) in [4.78, 5) is 8.50. The standard InChI is InChI=1S/C21H24N4O.HI/c1-22-21(25-16-19-9-4-5-12-23-19)24-13-6-14-26-20-11-10-17-7-2-3-8-18(17)15-20;/h2-5,7-12,15H,6,13-14,16H2,1H3,(H2,22,24,25);1H. The molecule has 27 heavy (non-hydrogen) atoms. The Balaban J connectivity index is 0.00000261. The van der Waals surface area contributed by atoms with Crippen molar-refractivity contribution in [2.24, 2.45) is 4.99 Å². The fraction of sp³-hybridized carbons (Fsp3) is 0.238. The third kappa shape index (κ3) is 6.71. The van der Waals surface area contributed by atoms with Crippen molar-refractivity contribution < 1.29 is 4.74 Å². The first-order valence-electron chi connectivity index (χ1n) is 8.81. The molecule has 0 atom stereocenters. The van der Waals surface area contributed by atoms with Gasteiger partial charge in [0.2, 0.25) is 0 Å². The molecule has 3 aromatic rings. The van der Waals surface area contributed by atoms with Crippen LogP contribution >= 0.6 is 24.0 Å². The van der Waals surface area contributed by atoms with Gasteiger partial charge < -0.3 is 15.4 Å². The molecule has 5 nitrogen and oxygen atoms in total. The lowest BCUT2D eigenvalue weighted by Gasteiger charge is -2.12. The Morgan fingerprint density at radius 3 is 2.59 bits per heavy atom. The van der Waals surface area contributed by atoms with Gasteiger partial charge in [-0.2, -0.15) is 0 Å². The molecule has 1 aromatic heterocycles. The first-order chi connectivity index (χ1) is 12.8. The summed E-state index contributed by atoms with van der Waals surface area (Å²) in [6.07, 6.45) is 2.68. The number of hydrogen-bond acceptors (Lipinski definition) is 3. The lowest BCUT2D eigenvalue weighted by molar-refractivity contribution is 0.311. The van der Waals surface area contributed by atoms with E-state index < -0.39 is 0 Å². The van der Waals surface area contributed by atoms with Crippen molar-refractivity contribution in [3.05, 3.63) is 72.6 Å². The van der Waals surface area contributed by atoms with Crippen LogP contribution in [0.3, 0.4) is 0 Å². The minimum atomic E-state index is 0. The van der Waals surface area contributed by atoms with Crippen LogP contribution in [0.4, 0.5) is 0 Å². The smallest absolute Gasteiger partial charge is 0.191 e. The number of guanidine groups is 1. The molecule has 1 heterocycles. The third-order valence-electron chi connectivity index (χ3n) is 3.99. The topological polar surface area (TPSA) is 58.5 Å². The molecule has 0 unspecified atom stereocenters. The van der Waals surface area contributed by atoms with Crippen molar-refractivity contribution in [1.82, 2.24) is 15.6 Å². The lowest BCUT2D eigenvalue weighted by Crippen LogP contribution is -2.37. The maximum absolute atomic E-state index is 5.85. The van der Waals surface area contributed by atoms with Crippen molar-refractivity contribution in [3.8, 4) is 5.75 Å². The van der Waals surface area contributed by atoms with E-state index in [-0.39, 0.29) is 24.0 Å². The second-order valence-corrected chi connectivity index (χ2v) is 5.88. The van der Waals surface area contributed by atoms with Crippen LogP contribution in [0.2, 0.25) is 0 Å². The summed E-state index contributed by atoms with van der Waals surface area (Å²) in [7, 11) is 1.76. The maximum atomic E-state index is 5.85. The molecule has 0 saturated heterocycles. The van der Waals surface area contributed by atoms with Crippen LogP contribution in [0.1, 0.15) is 12.1 Å². The number of ether oxygens (including phenoxy) is 1. The zero-order chi connectivity index (χ0) is 18.0. The summed E-state index contributed by atoms with van der Waals surface area (Å²) in [5, 5.41) is 8.96. The largest absolute Gasteiger partial charge is 0.494 e. The van der Waals surface area contributed by atoms with E-state index >= 15 is 0 Å². The molecule has 0 amide bonds. The van der Waals surface area contributed by atoms with E-state index in [9.17, 15) is 0 Å². The Kier molecular flexibility index (Phi) is 8.83. The van der Waals surface area contributed by atoms with Gasteiger partial charge in [-0.15, -0.1) is 24.0 Å². The monoisotopic (exact) mass is 476 g/mol. The normalized spacial score (nSPS) is 10.9. The SMILES string of the molecule is CN=C(NCCCOc1ccc2ccccc2c1)NCc1ccccn1.I. The van der Waals surface area contributed by atoms with Crippen LogP contribution in [0.15, 0.2) is 71.9 Å². The predicted octanol–water partition coefficient (Wildman–Crippen LogP) is 3.99. The van der Waals surface area contributed by atoms with Crippen molar-refractivity contribution in [1.29, 1.82) is 0 Å². The second-order valence-electron chi connectivity index (χ2n) is 5.88. The van der Waals surface area contributed by atoms with E-state index in [2.05, 4.69) is 44.9 Å². The number of nitrogens with one attached hydrogen (secondary N) is 2. The summed E-state index contributed by atoms with van der Waals surface area (Å²) in [5.41, 5.74) is 0.982. The number of hydrogen-bond donors (Lipinski definition) is 2. The Morgan fingerprint density at radius 2 is 1.81 bits per heavy atom.